The van der Waals surface area contributed by atoms with Gasteiger partial charge in [0.05, 0.1) is 11.1 Å². The molecule has 0 spiro atoms. The van der Waals surface area contributed by atoms with Crippen LogP contribution in [0.15, 0.2) is 10.7 Å². The zero-order valence-corrected chi connectivity index (χ0v) is 8.92. The lowest BCUT2D eigenvalue weighted by atomic mass is 9.69. The van der Waals surface area contributed by atoms with Crippen LogP contribution in [0.2, 0.25) is 0 Å². The molecule has 3 nitrogen and oxygen atoms in total. The Kier molecular flexibility index (Phi) is 2.35. The largest absolute Gasteiger partial charge is 0.448 e. The lowest BCUT2D eigenvalue weighted by Crippen LogP contribution is -2.41. The lowest BCUT2D eigenvalue weighted by Gasteiger charge is -2.37. The minimum absolute atomic E-state index is 0.0626. The summed E-state index contributed by atoms with van der Waals surface area (Å²) < 4.78 is 5.53. The van der Waals surface area contributed by atoms with Crippen molar-refractivity contribution < 1.29 is 4.42 Å². The van der Waals surface area contributed by atoms with Crippen LogP contribution in [0.3, 0.4) is 0 Å². The van der Waals surface area contributed by atoms with Gasteiger partial charge in [0.2, 0.25) is 5.89 Å². The average molecular weight is 194 g/mol. The summed E-state index contributed by atoms with van der Waals surface area (Å²) in [6, 6.07) is 0. The van der Waals surface area contributed by atoms with Crippen LogP contribution in [0.1, 0.15) is 50.6 Å². The minimum Gasteiger partial charge on any atom is -0.448 e. The predicted octanol–water partition coefficient (Wildman–Crippen LogP) is 2.18. The molecule has 1 aromatic rings. The Morgan fingerprint density at radius 1 is 1.57 bits per heavy atom. The van der Waals surface area contributed by atoms with Crippen LogP contribution in [0.5, 0.6) is 0 Å². The number of hydrogen-bond acceptors (Lipinski definition) is 3. The van der Waals surface area contributed by atoms with E-state index in [1.54, 1.807) is 6.26 Å². The topological polar surface area (TPSA) is 52.0 Å². The summed E-state index contributed by atoms with van der Waals surface area (Å²) in [5.41, 5.74) is 6.89. The predicted molar refractivity (Wildman–Crippen MR) is 55.2 cm³/mol. The molecule has 3 heteroatoms. The van der Waals surface area contributed by atoms with E-state index in [-0.39, 0.29) is 5.41 Å². The smallest absolute Gasteiger partial charge is 0.201 e. The van der Waals surface area contributed by atoms with Crippen LogP contribution in [-0.2, 0) is 5.41 Å². The van der Waals surface area contributed by atoms with Crippen molar-refractivity contribution in [1.29, 1.82) is 0 Å². The fourth-order valence-electron chi connectivity index (χ4n) is 1.90. The van der Waals surface area contributed by atoms with Crippen LogP contribution in [0.25, 0.3) is 0 Å². The molecule has 2 N–H and O–H groups in total. The summed E-state index contributed by atoms with van der Waals surface area (Å²) in [6.45, 7) is 4.90. The van der Waals surface area contributed by atoms with E-state index >= 15 is 0 Å². The van der Waals surface area contributed by atoms with Gasteiger partial charge in [-0.2, -0.15) is 0 Å². The van der Waals surface area contributed by atoms with Crippen LogP contribution in [0, 0.1) is 0 Å². The van der Waals surface area contributed by atoms with Crippen molar-refractivity contribution in [3.05, 3.63) is 17.8 Å². The van der Waals surface area contributed by atoms with Crippen molar-refractivity contribution in [2.45, 2.75) is 44.4 Å². The number of aromatic nitrogens is 1. The Labute approximate surface area is 84.7 Å². The Bertz CT molecular complexity index is 307. The maximum atomic E-state index is 5.79. The standard InChI is InChI=1S/C11H18N2O/c1-8(2)9-6-14-10(13-9)11(7-12)4-3-5-11/h6,8H,3-5,7,12H2,1-2H3. The number of rotatable bonds is 3. The molecule has 0 saturated heterocycles. The van der Waals surface area contributed by atoms with Crippen molar-refractivity contribution in [3.63, 3.8) is 0 Å². The average Bonchev–Trinajstić information content (AvgIpc) is 2.52. The molecular formula is C11H18N2O. The maximum Gasteiger partial charge on any atom is 0.201 e. The molecule has 1 aliphatic carbocycles. The third-order valence-corrected chi connectivity index (χ3v) is 3.27. The summed E-state index contributed by atoms with van der Waals surface area (Å²) in [4.78, 5) is 4.53. The number of nitrogens with zero attached hydrogens (tertiary/aromatic N) is 1. The second kappa shape index (κ2) is 3.39. The van der Waals surface area contributed by atoms with Crippen molar-refractivity contribution in [3.8, 4) is 0 Å². The zero-order chi connectivity index (χ0) is 10.2. The molecule has 14 heavy (non-hydrogen) atoms. The molecule has 1 saturated carbocycles. The van der Waals surface area contributed by atoms with E-state index in [2.05, 4.69) is 18.8 Å². The van der Waals surface area contributed by atoms with Gasteiger partial charge in [-0.15, -0.1) is 0 Å². The van der Waals surface area contributed by atoms with Crippen LogP contribution >= 0.6 is 0 Å². The van der Waals surface area contributed by atoms with E-state index in [0.29, 0.717) is 12.5 Å². The van der Waals surface area contributed by atoms with Gasteiger partial charge in [-0.1, -0.05) is 20.3 Å². The van der Waals surface area contributed by atoms with Gasteiger partial charge in [-0.05, 0) is 18.8 Å². The van der Waals surface area contributed by atoms with Crippen LogP contribution in [0.4, 0.5) is 0 Å². The first kappa shape index (κ1) is 9.71. The Morgan fingerprint density at radius 2 is 2.29 bits per heavy atom. The van der Waals surface area contributed by atoms with E-state index in [1.165, 1.54) is 6.42 Å². The summed E-state index contributed by atoms with van der Waals surface area (Å²) in [7, 11) is 0. The third kappa shape index (κ3) is 1.36. The molecule has 78 valence electrons. The van der Waals surface area contributed by atoms with E-state index in [4.69, 9.17) is 10.2 Å². The van der Waals surface area contributed by atoms with Crippen molar-refractivity contribution in [1.82, 2.24) is 4.98 Å². The zero-order valence-electron chi connectivity index (χ0n) is 8.92. The highest BCUT2D eigenvalue weighted by molar-refractivity contribution is 5.14. The van der Waals surface area contributed by atoms with Gasteiger partial charge in [0.1, 0.15) is 6.26 Å². The highest BCUT2D eigenvalue weighted by Crippen LogP contribution is 2.42. The van der Waals surface area contributed by atoms with Gasteiger partial charge in [0, 0.05) is 6.54 Å². The fourth-order valence-corrected chi connectivity index (χ4v) is 1.90. The van der Waals surface area contributed by atoms with Gasteiger partial charge in [-0.25, -0.2) is 4.98 Å². The molecule has 1 aliphatic rings. The van der Waals surface area contributed by atoms with Gasteiger partial charge in [0.25, 0.3) is 0 Å². The molecular weight excluding hydrogens is 176 g/mol. The summed E-state index contributed by atoms with van der Waals surface area (Å²) in [5.74, 6) is 1.29. The number of nitrogens with two attached hydrogens (primary N) is 1. The molecule has 0 aromatic carbocycles. The molecule has 2 rings (SSSR count). The van der Waals surface area contributed by atoms with Crippen molar-refractivity contribution in [2.75, 3.05) is 6.54 Å². The molecule has 0 radical (unpaired) electrons. The third-order valence-electron chi connectivity index (χ3n) is 3.27. The fraction of sp³-hybridized carbons (Fsp3) is 0.727. The van der Waals surface area contributed by atoms with Gasteiger partial charge >= 0.3 is 0 Å². The number of hydrogen-bond donors (Lipinski definition) is 1. The SMILES string of the molecule is CC(C)c1coc(C2(CN)CCC2)n1. The quantitative estimate of drug-likeness (QED) is 0.802. The maximum absolute atomic E-state index is 5.79. The molecule has 1 fully saturated rings. The Hall–Kier alpha value is -0.830. The lowest BCUT2D eigenvalue weighted by molar-refractivity contribution is 0.199. The van der Waals surface area contributed by atoms with E-state index in [1.807, 2.05) is 0 Å². The first-order valence-corrected chi connectivity index (χ1v) is 5.34. The molecule has 0 unspecified atom stereocenters. The first-order valence-electron chi connectivity index (χ1n) is 5.34. The summed E-state index contributed by atoms with van der Waals surface area (Å²) >= 11 is 0. The van der Waals surface area contributed by atoms with E-state index in [0.717, 1.165) is 24.4 Å². The first-order chi connectivity index (χ1) is 6.68. The number of oxazole rings is 1. The Balaban J connectivity index is 2.23. The van der Waals surface area contributed by atoms with Crippen molar-refractivity contribution >= 4 is 0 Å². The molecule has 0 atom stereocenters. The van der Waals surface area contributed by atoms with E-state index < -0.39 is 0 Å². The highest BCUT2D eigenvalue weighted by atomic mass is 16.3. The minimum atomic E-state index is 0.0626. The monoisotopic (exact) mass is 194 g/mol. The second-order valence-corrected chi connectivity index (χ2v) is 4.57. The molecule has 1 heterocycles. The van der Waals surface area contributed by atoms with Gasteiger partial charge in [0.15, 0.2) is 0 Å². The second-order valence-electron chi connectivity index (χ2n) is 4.57. The van der Waals surface area contributed by atoms with E-state index in [9.17, 15) is 0 Å². The summed E-state index contributed by atoms with van der Waals surface area (Å²) in [6.07, 6.45) is 5.27. The summed E-state index contributed by atoms with van der Waals surface area (Å²) in [5, 5.41) is 0. The molecule has 0 amide bonds. The molecule has 0 bridgehead atoms. The molecule has 0 aliphatic heterocycles. The highest BCUT2D eigenvalue weighted by Gasteiger charge is 2.41. The van der Waals surface area contributed by atoms with Crippen LogP contribution < -0.4 is 5.73 Å². The van der Waals surface area contributed by atoms with Crippen LogP contribution in [-0.4, -0.2) is 11.5 Å². The van der Waals surface area contributed by atoms with Gasteiger partial charge < -0.3 is 10.2 Å². The normalized spacial score (nSPS) is 19.7. The van der Waals surface area contributed by atoms with Gasteiger partial charge in [-0.3, -0.25) is 0 Å². The van der Waals surface area contributed by atoms with Crippen molar-refractivity contribution in [2.24, 2.45) is 5.73 Å². The Morgan fingerprint density at radius 3 is 2.64 bits per heavy atom. The molecule has 1 aromatic heterocycles.